The topological polar surface area (TPSA) is 55.4 Å². The molecule has 0 heterocycles. The van der Waals surface area contributed by atoms with E-state index in [1.165, 1.54) is 12.8 Å². The van der Waals surface area contributed by atoms with Gasteiger partial charge in [0, 0.05) is 23.3 Å². The maximum atomic E-state index is 12.6. The molecule has 1 N–H and O–H groups in total. The number of rotatable bonds is 4. The minimum absolute atomic E-state index is 0.0260. The van der Waals surface area contributed by atoms with Gasteiger partial charge in [0.25, 0.3) is 0 Å². The summed E-state index contributed by atoms with van der Waals surface area (Å²) in [5.74, 6) is 1.82. The van der Waals surface area contributed by atoms with Crippen molar-refractivity contribution >= 4 is 12.4 Å². The lowest BCUT2D eigenvalue weighted by Gasteiger charge is -2.58. The number of hydrogen-bond acceptors (Lipinski definition) is 3. The summed E-state index contributed by atoms with van der Waals surface area (Å²) in [7, 11) is 0. The van der Waals surface area contributed by atoms with Gasteiger partial charge in [-0.05, 0) is 76.5 Å². The molecule has 6 atom stereocenters. The molecule has 4 rings (SSSR count). The highest BCUT2D eigenvalue weighted by Gasteiger charge is 2.65. The minimum atomic E-state index is -0.664. The lowest BCUT2D eigenvalue weighted by atomic mass is 9.47. The number of carbonyl (C=O) groups excluding carboxylic acids is 2. The van der Waals surface area contributed by atoms with Gasteiger partial charge in [-0.2, -0.15) is 0 Å². The largest absolute Gasteiger partial charge is 0.442 e. The van der Waals surface area contributed by atoms with Gasteiger partial charge in [-0.1, -0.05) is 37.6 Å². The first-order chi connectivity index (χ1) is 13.8. The third kappa shape index (κ3) is 3.09. The van der Waals surface area contributed by atoms with Crippen molar-refractivity contribution in [3.63, 3.8) is 0 Å². The van der Waals surface area contributed by atoms with Gasteiger partial charge in [0.2, 0.25) is 0 Å². The molecule has 4 nitrogen and oxygen atoms in total. The molecule has 3 saturated carbocycles. The summed E-state index contributed by atoms with van der Waals surface area (Å²) in [4.78, 5) is 24.2. The highest BCUT2D eigenvalue weighted by Crippen LogP contribution is 2.68. The molecule has 0 saturated heterocycles. The third-order valence-corrected chi connectivity index (χ3v) is 9.01. The molecule has 0 aromatic rings. The Hall–Kier alpha value is -1.58. The van der Waals surface area contributed by atoms with Crippen molar-refractivity contribution in [1.29, 1.82) is 0 Å². The maximum absolute atomic E-state index is 12.6. The number of nitrogens with one attached hydrogen (secondary N) is 1. The van der Waals surface area contributed by atoms with Crippen LogP contribution in [-0.2, 0) is 9.53 Å². The second kappa shape index (κ2) is 7.28. The maximum Gasteiger partial charge on any atom is 0.407 e. The van der Waals surface area contributed by atoms with E-state index in [0.717, 1.165) is 38.4 Å². The zero-order chi connectivity index (χ0) is 20.9. The average Bonchev–Trinajstić information content (AvgIpc) is 2.93. The second-order valence-corrected chi connectivity index (χ2v) is 10.6. The van der Waals surface area contributed by atoms with Crippen LogP contribution in [0.25, 0.3) is 0 Å². The molecule has 0 aromatic heterocycles. The molecule has 0 spiro atoms. The van der Waals surface area contributed by atoms with E-state index in [2.05, 4.69) is 37.4 Å². The number of carbonyl (C=O) groups is 2. The Labute approximate surface area is 175 Å². The van der Waals surface area contributed by atoms with Crippen molar-refractivity contribution in [2.24, 2.45) is 28.6 Å². The predicted molar refractivity (Wildman–Crippen MR) is 114 cm³/mol. The summed E-state index contributed by atoms with van der Waals surface area (Å²) in [6, 6.07) is 0.0260. The number of ether oxygens (including phenoxy) is 1. The van der Waals surface area contributed by atoms with Gasteiger partial charge in [-0.15, -0.1) is 0 Å². The van der Waals surface area contributed by atoms with Crippen LogP contribution in [0.15, 0.2) is 23.8 Å². The van der Waals surface area contributed by atoms with Crippen molar-refractivity contribution in [3.8, 4) is 0 Å². The molecular formula is C25H37NO3. The SMILES string of the molecule is CC(C)NC(=O)O[C@]1(CC=O)CC[C@H]2[C@@H]3CCC4=CCC=C[C@]4(C)[C@H]3CC[C@@]21C. The van der Waals surface area contributed by atoms with E-state index < -0.39 is 5.60 Å². The van der Waals surface area contributed by atoms with Crippen LogP contribution in [0.5, 0.6) is 0 Å². The Morgan fingerprint density at radius 3 is 2.72 bits per heavy atom. The van der Waals surface area contributed by atoms with Crippen molar-refractivity contribution in [1.82, 2.24) is 5.32 Å². The van der Waals surface area contributed by atoms with Crippen molar-refractivity contribution in [3.05, 3.63) is 23.8 Å². The van der Waals surface area contributed by atoms with Gasteiger partial charge in [-0.25, -0.2) is 4.79 Å². The molecule has 3 fully saturated rings. The highest BCUT2D eigenvalue weighted by atomic mass is 16.6. The first kappa shape index (κ1) is 20.7. The van der Waals surface area contributed by atoms with E-state index >= 15 is 0 Å². The lowest BCUT2D eigenvalue weighted by Crippen LogP contribution is -2.56. The number of allylic oxidation sites excluding steroid dienone is 4. The highest BCUT2D eigenvalue weighted by molar-refractivity contribution is 5.69. The average molecular weight is 400 g/mol. The van der Waals surface area contributed by atoms with E-state index in [-0.39, 0.29) is 23.0 Å². The van der Waals surface area contributed by atoms with Gasteiger partial charge in [-0.3, -0.25) is 0 Å². The Morgan fingerprint density at radius 1 is 1.24 bits per heavy atom. The number of amides is 1. The molecule has 4 heteroatoms. The summed E-state index contributed by atoms with van der Waals surface area (Å²) >= 11 is 0. The van der Waals surface area contributed by atoms with Crippen LogP contribution in [0.3, 0.4) is 0 Å². The van der Waals surface area contributed by atoms with Gasteiger partial charge in [0.05, 0.1) is 0 Å². The van der Waals surface area contributed by atoms with E-state index in [4.69, 9.17) is 4.74 Å². The zero-order valence-electron chi connectivity index (χ0n) is 18.5. The minimum Gasteiger partial charge on any atom is -0.442 e. The Morgan fingerprint density at radius 2 is 2.00 bits per heavy atom. The summed E-state index contributed by atoms with van der Waals surface area (Å²) in [6.45, 7) is 8.61. The zero-order valence-corrected chi connectivity index (χ0v) is 18.5. The quantitative estimate of drug-likeness (QED) is 0.496. The monoisotopic (exact) mass is 399 g/mol. The normalized spacial score (nSPS) is 43.1. The standard InChI is InChI=1S/C25H37NO3/c1-17(2)26-22(28)29-25(15-16-27)14-11-21-19-9-8-18-7-5-6-12-23(18,3)20(19)10-13-24(21,25)4/h6-7,12,16-17,19-21H,5,8-11,13-15H2,1-4H3,(H,26,28)/t19-,20+,21+,23+,24+,25+/m1/s1. The molecule has 0 radical (unpaired) electrons. The molecule has 0 aliphatic heterocycles. The van der Waals surface area contributed by atoms with E-state index in [1.807, 2.05) is 13.8 Å². The number of alkyl carbamates (subject to hydrolysis) is 1. The fourth-order valence-electron chi connectivity index (χ4n) is 7.55. The molecule has 160 valence electrons. The van der Waals surface area contributed by atoms with Gasteiger partial charge in [0.15, 0.2) is 0 Å². The van der Waals surface area contributed by atoms with Gasteiger partial charge in [0.1, 0.15) is 11.9 Å². The second-order valence-electron chi connectivity index (χ2n) is 10.6. The first-order valence-corrected chi connectivity index (χ1v) is 11.6. The van der Waals surface area contributed by atoms with Crippen LogP contribution >= 0.6 is 0 Å². The van der Waals surface area contributed by atoms with Crippen molar-refractivity contribution < 1.29 is 14.3 Å². The summed E-state index contributed by atoms with van der Waals surface area (Å²) in [6.07, 6.45) is 15.7. The summed E-state index contributed by atoms with van der Waals surface area (Å²) in [5, 5.41) is 2.87. The van der Waals surface area contributed by atoms with E-state index in [9.17, 15) is 9.59 Å². The number of hydrogen-bond donors (Lipinski definition) is 1. The van der Waals surface area contributed by atoms with Crippen LogP contribution in [0.2, 0.25) is 0 Å². The van der Waals surface area contributed by atoms with Crippen LogP contribution in [0.1, 0.15) is 79.1 Å². The molecule has 0 unspecified atom stereocenters. The first-order valence-electron chi connectivity index (χ1n) is 11.6. The van der Waals surface area contributed by atoms with Crippen molar-refractivity contribution in [2.75, 3.05) is 0 Å². The number of fused-ring (bicyclic) bond motifs is 5. The van der Waals surface area contributed by atoms with E-state index in [1.54, 1.807) is 5.57 Å². The molecule has 1 amide bonds. The molecule has 0 aromatic carbocycles. The number of aldehydes is 1. The Bertz CT molecular complexity index is 740. The molecule has 4 aliphatic rings. The summed E-state index contributed by atoms with van der Waals surface area (Å²) < 4.78 is 6.13. The van der Waals surface area contributed by atoms with Gasteiger partial charge >= 0.3 is 6.09 Å². The Kier molecular flexibility index (Phi) is 5.19. The van der Waals surface area contributed by atoms with Crippen molar-refractivity contribution in [2.45, 2.75) is 90.7 Å². The smallest absolute Gasteiger partial charge is 0.407 e. The fourth-order valence-corrected chi connectivity index (χ4v) is 7.55. The van der Waals surface area contributed by atoms with Crippen LogP contribution < -0.4 is 5.32 Å². The Balaban J connectivity index is 1.63. The predicted octanol–water partition coefficient (Wildman–Crippen LogP) is 5.58. The van der Waals surface area contributed by atoms with E-state index in [0.29, 0.717) is 24.2 Å². The summed E-state index contributed by atoms with van der Waals surface area (Å²) in [5.41, 5.74) is 1.03. The molecular weight excluding hydrogens is 362 g/mol. The fraction of sp³-hybridized carbons (Fsp3) is 0.760. The van der Waals surface area contributed by atoms with Crippen LogP contribution in [-0.4, -0.2) is 24.0 Å². The third-order valence-electron chi connectivity index (χ3n) is 9.01. The lowest BCUT2D eigenvalue weighted by molar-refractivity contribution is -0.137. The molecule has 29 heavy (non-hydrogen) atoms. The van der Waals surface area contributed by atoms with Gasteiger partial charge < -0.3 is 14.8 Å². The van der Waals surface area contributed by atoms with Crippen LogP contribution in [0.4, 0.5) is 4.79 Å². The molecule has 4 aliphatic carbocycles. The molecule has 0 bridgehead atoms. The van der Waals surface area contributed by atoms with Crippen LogP contribution in [0, 0.1) is 28.6 Å².